The van der Waals surface area contributed by atoms with E-state index in [0.29, 0.717) is 0 Å². The van der Waals surface area contributed by atoms with Crippen molar-refractivity contribution in [1.29, 1.82) is 0 Å². The Hall–Kier alpha value is -1.09. The highest BCUT2D eigenvalue weighted by molar-refractivity contribution is 5.58. The number of nitrogens with one attached hydrogen (secondary N) is 1. The molecular formula is C15H21FN2. The second kappa shape index (κ2) is 5.27. The average molecular weight is 248 g/mol. The minimum absolute atomic E-state index is 0.109. The van der Waals surface area contributed by atoms with Crippen molar-refractivity contribution in [3.63, 3.8) is 0 Å². The minimum Gasteiger partial charge on any atom is -0.371 e. The molecule has 18 heavy (non-hydrogen) atoms. The highest BCUT2D eigenvalue weighted by atomic mass is 19.1. The number of halogens is 1. The van der Waals surface area contributed by atoms with Gasteiger partial charge in [-0.2, -0.15) is 0 Å². The van der Waals surface area contributed by atoms with Crippen molar-refractivity contribution >= 4 is 5.69 Å². The van der Waals surface area contributed by atoms with Crippen LogP contribution in [0.1, 0.15) is 24.8 Å². The van der Waals surface area contributed by atoms with Crippen molar-refractivity contribution in [2.75, 3.05) is 31.1 Å². The van der Waals surface area contributed by atoms with Crippen molar-refractivity contribution < 1.29 is 4.39 Å². The van der Waals surface area contributed by atoms with E-state index in [2.05, 4.69) is 10.2 Å². The predicted octanol–water partition coefficient (Wildman–Crippen LogP) is 2.58. The zero-order chi connectivity index (χ0) is 12.4. The molecule has 1 N–H and O–H groups in total. The molecule has 0 saturated carbocycles. The lowest BCUT2D eigenvalue weighted by atomic mass is 9.94. The molecule has 3 heteroatoms. The molecule has 3 rings (SSSR count). The lowest BCUT2D eigenvalue weighted by Crippen LogP contribution is -2.30. The summed E-state index contributed by atoms with van der Waals surface area (Å²) in [6, 6.07) is 5.22. The maximum Gasteiger partial charge on any atom is 0.125 e. The van der Waals surface area contributed by atoms with Crippen LogP contribution in [0.2, 0.25) is 0 Å². The molecule has 2 heterocycles. The summed E-state index contributed by atoms with van der Waals surface area (Å²) in [5, 5.41) is 3.40. The van der Waals surface area contributed by atoms with Gasteiger partial charge in [-0.3, -0.25) is 0 Å². The first kappa shape index (κ1) is 12.0. The van der Waals surface area contributed by atoms with Crippen molar-refractivity contribution in [1.82, 2.24) is 5.32 Å². The van der Waals surface area contributed by atoms with Gasteiger partial charge in [-0.25, -0.2) is 4.39 Å². The Labute approximate surface area is 108 Å². The molecule has 1 aromatic rings. The van der Waals surface area contributed by atoms with Crippen LogP contribution in [0.3, 0.4) is 0 Å². The van der Waals surface area contributed by atoms with Crippen LogP contribution in [0, 0.1) is 11.7 Å². The quantitative estimate of drug-likeness (QED) is 0.884. The van der Waals surface area contributed by atoms with Gasteiger partial charge in [0.05, 0.1) is 0 Å². The Bertz CT molecular complexity index is 413. The lowest BCUT2D eigenvalue weighted by Gasteiger charge is -2.26. The first-order chi connectivity index (χ1) is 8.83. The highest BCUT2D eigenvalue weighted by Gasteiger charge is 2.21. The molecule has 2 nitrogen and oxygen atoms in total. The summed E-state index contributed by atoms with van der Waals surface area (Å²) >= 11 is 0. The smallest absolute Gasteiger partial charge is 0.125 e. The Balaban J connectivity index is 1.60. The molecule has 1 fully saturated rings. The standard InChI is InChI=1S/C15H21FN2/c16-14-2-1-13-6-10-18(15(13)11-14)9-5-12-3-7-17-8-4-12/h1-2,11-12,17H,3-10H2. The summed E-state index contributed by atoms with van der Waals surface area (Å²) in [5.74, 6) is 0.742. The van der Waals surface area contributed by atoms with Crippen LogP contribution in [0.25, 0.3) is 0 Å². The van der Waals surface area contributed by atoms with E-state index in [0.717, 1.165) is 44.2 Å². The second-order valence-corrected chi connectivity index (χ2v) is 5.49. The zero-order valence-corrected chi connectivity index (χ0v) is 10.8. The van der Waals surface area contributed by atoms with Crippen LogP contribution in [0.15, 0.2) is 18.2 Å². The number of benzene rings is 1. The van der Waals surface area contributed by atoms with E-state index in [1.165, 1.54) is 24.8 Å². The molecule has 0 amide bonds. The van der Waals surface area contributed by atoms with E-state index in [1.807, 2.05) is 6.07 Å². The van der Waals surface area contributed by atoms with Crippen LogP contribution in [0.4, 0.5) is 10.1 Å². The van der Waals surface area contributed by atoms with E-state index in [4.69, 9.17) is 0 Å². The molecule has 1 saturated heterocycles. The number of rotatable bonds is 3. The van der Waals surface area contributed by atoms with Crippen LogP contribution in [-0.4, -0.2) is 26.2 Å². The fourth-order valence-corrected chi connectivity index (χ4v) is 3.16. The molecule has 98 valence electrons. The molecule has 0 unspecified atom stereocenters. The molecule has 2 aliphatic heterocycles. The maximum absolute atomic E-state index is 13.3. The number of fused-ring (bicyclic) bond motifs is 1. The molecule has 2 aliphatic rings. The van der Waals surface area contributed by atoms with Crippen molar-refractivity contribution in [3.8, 4) is 0 Å². The summed E-state index contributed by atoms with van der Waals surface area (Å²) in [7, 11) is 0. The second-order valence-electron chi connectivity index (χ2n) is 5.49. The third-order valence-electron chi connectivity index (χ3n) is 4.31. The zero-order valence-electron chi connectivity index (χ0n) is 10.8. The largest absolute Gasteiger partial charge is 0.371 e. The third kappa shape index (κ3) is 2.51. The minimum atomic E-state index is -0.109. The van der Waals surface area contributed by atoms with Gasteiger partial charge in [0.25, 0.3) is 0 Å². The number of hydrogen-bond acceptors (Lipinski definition) is 2. The van der Waals surface area contributed by atoms with Crippen LogP contribution >= 0.6 is 0 Å². The summed E-state index contributed by atoms with van der Waals surface area (Å²) in [6.45, 7) is 4.47. The normalized spacial score (nSPS) is 20.2. The summed E-state index contributed by atoms with van der Waals surface area (Å²) < 4.78 is 13.3. The van der Waals surface area contributed by atoms with Gasteiger partial charge < -0.3 is 10.2 Å². The molecule has 1 aromatic carbocycles. The predicted molar refractivity (Wildman–Crippen MR) is 72.5 cm³/mol. The van der Waals surface area contributed by atoms with Crippen molar-refractivity contribution in [3.05, 3.63) is 29.6 Å². The summed E-state index contributed by atoms with van der Waals surface area (Å²) in [6.07, 6.45) is 4.91. The van der Waals surface area contributed by atoms with E-state index in [9.17, 15) is 4.39 Å². The summed E-state index contributed by atoms with van der Waals surface area (Å²) in [5.41, 5.74) is 2.44. The van der Waals surface area contributed by atoms with Gasteiger partial charge in [0.15, 0.2) is 0 Å². The van der Waals surface area contributed by atoms with Gasteiger partial charge in [0.1, 0.15) is 5.82 Å². The first-order valence-electron chi connectivity index (χ1n) is 7.07. The van der Waals surface area contributed by atoms with Crippen molar-refractivity contribution in [2.24, 2.45) is 5.92 Å². The number of piperidine rings is 1. The first-order valence-corrected chi connectivity index (χ1v) is 7.07. The topological polar surface area (TPSA) is 15.3 Å². The van der Waals surface area contributed by atoms with Gasteiger partial charge in [0, 0.05) is 18.8 Å². The summed E-state index contributed by atoms with van der Waals surface area (Å²) in [4.78, 5) is 2.36. The van der Waals surface area contributed by atoms with Gasteiger partial charge >= 0.3 is 0 Å². The van der Waals surface area contributed by atoms with E-state index in [1.54, 1.807) is 12.1 Å². The van der Waals surface area contributed by atoms with Gasteiger partial charge in [-0.05, 0) is 62.4 Å². The SMILES string of the molecule is Fc1ccc2c(c1)N(CCC1CCNCC1)CC2. The number of nitrogens with zero attached hydrogens (tertiary/aromatic N) is 1. The van der Waals surface area contributed by atoms with Gasteiger partial charge in [-0.15, -0.1) is 0 Å². The molecular weight excluding hydrogens is 227 g/mol. The molecule has 0 radical (unpaired) electrons. The fraction of sp³-hybridized carbons (Fsp3) is 0.600. The van der Waals surface area contributed by atoms with E-state index in [-0.39, 0.29) is 5.82 Å². The average Bonchev–Trinajstić information content (AvgIpc) is 2.80. The van der Waals surface area contributed by atoms with E-state index < -0.39 is 0 Å². The van der Waals surface area contributed by atoms with E-state index >= 15 is 0 Å². The van der Waals surface area contributed by atoms with Gasteiger partial charge in [0.2, 0.25) is 0 Å². The Morgan fingerprint density at radius 1 is 1.28 bits per heavy atom. The molecule has 0 atom stereocenters. The Morgan fingerprint density at radius 3 is 2.94 bits per heavy atom. The monoisotopic (exact) mass is 248 g/mol. The molecule has 0 aliphatic carbocycles. The number of anilines is 1. The lowest BCUT2D eigenvalue weighted by molar-refractivity contribution is 0.355. The van der Waals surface area contributed by atoms with Crippen molar-refractivity contribution in [2.45, 2.75) is 25.7 Å². The molecule has 0 bridgehead atoms. The van der Waals surface area contributed by atoms with Gasteiger partial charge in [-0.1, -0.05) is 6.07 Å². The van der Waals surface area contributed by atoms with Crippen LogP contribution in [0.5, 0.6) is 0 Å². The molecule has 0 aromatic heterocycles. The fourth-order valence-electron chi connectivity index (χ4n) is 3.16. The number of hydrogen-bond donors (Lipinski definition) is 1. The van der Waals surface area contributed by atoms with Crippen LogP contribution in [-0.2, 0) is 6.42 Å². The van der Waals surface area contributed by atoms with Crippen LogP contribution < -0.4 is 10.2 Å². The third-order valence-corrected chi connectivity index (χ3v) is 4.31. The highest BCUT2D eigenvalue weighted by Crippen LogP contribution is 2.29. The Kier molecular flexibility index (Phi) is 3.50. The maximum atomic E-state index is 13.3. The Morgan fingerprint density at radius 2 is 2.11 bits per heavy atom. The molecule has 0 spiro atoms.